The van der Waals surface area contributed by atoms with Crippen LogP contribution in [0, 0.1) is 17.1 Å². The highest BCUT2D eigenvalue weighted by Gasteiger charge is 2.17. The predicted octanol–water partition coefficient (Wildman–Crippen LogP) is 3.14. The van der Waals surface area contributed by atoms with Crippen LogP contribution in [0.5, 0.6) is 0 Å². The van der Waals surface area contributed by atoms with Crippen LogP contribution in [-0.4, -0.2) is 41.4 Å². The van der Waals surface area contributed by atoms with Crippen molar-refractivity contribution in [3.8, 4) is 6.07 Å². The summed E-state index contributed by atoms with van der Waals surface area (Å²) in [5, 5.41) is 27.1. The van der Waals surface area contributed by atoms with Gasteiger partial charge in [0.2, 0.25) is 0 Å². The van der Waals surface area contributed by atoms with E-state index in [2.05, 4.69) is 0 Å². The summed E-state index contributed by atoms with van der Waals surface area (Å²) in [6, 6.07) is 14.6. The fraction of sp³-hybridized carbons (Fsp3) is 0.364. The average Bonchev–Trinajstić information content (AvgIpc) is 2.71. The molecular formula is C22H27FN2O4. The highest BCUT2D eigenvalue weighted by atomic mass is 19.1. The van der Waals surface area contributed by atoms with Gasteiger partial charge >= 0.3 is 5.97 Å². The molecule has 2 unspecified atom stereocenters. The van der Waals surface area contributed by atoms with Gasteiger partial charge in [0.25, 0.3) is 0 Å². The van der Waals surface area contributed by atoms with E-state index in [4.69, 9.17) is 15.1 Å². The first-order valence-electron chi connectivity index (χ1n) is 9.14. The molecule has 0 radical (unpaired) electrons. The van der Waals surface area contributed by atoms with Crippen molar-refractivity contribution in [1.29, 1.82) is 5.26 Å². The van der Waals surface area contributed by atoms with Crippen molar-refractivity contribution in [3.63, 3.8) is 0 Å². The van der Waals surface area contributed by atoms with Crippen LogP contribution in [0.25, 0.3) is 0 Å². The Labute approximate surface area is 170 Å². The van der Waals surface area contributed by atoms with Crippen molar-refractivity contribution in [2.24, 2.45) is 0 Å². The molecule has 2 N–H and O–H groups in total. The lowest BCUT2D eigenvalue weighted by Crippen LogP contribution is -2.32. The Balaban J connectivity index is 0.000000352. The van der Waals surface area contributed by atoms with Crippen LogP contribution in [0.15, 0.2) is 48.5 Å². The van der Waals surface area contributed by atoms with Gasteiger partial charge in [0.1, 0.15) is 5.82 Å². The van der Waals surface area contributed by atoms with Crippen LogP contribution in [0.4, 0.5) is 4.39 Å². The summed E-state index contributed by atoms with van der Waals surface area (Å²) >= 11 is 0. The summed E-state index contributed by atoms with van der Waals surface area (Å²) < 4.78 is 17.9. The van der Waals surface area contributed by atoms with E-state index in [0.29, 0.717) is 24.0 Å². The monoisotopic (exact) mass is 402 g/mol. The maximum Gasteiger partial charge on any atom is 0.304 e. The molecule has 0 aliphatic heterocycles. The number of hydrogen-bond donors (Lipinski definition) is 2. The molecule has 0 aliphatic carbocycles. The molecule has 0 aliphatic rings. The summed E-state index contributed by atoms with van der Waals surface area (Å²) in [4.78, 5) is 12.7. The molecule has 0 bridgehead atoms. The zero-order chi connectivity index (χ0) is 21.8. The first-order valence-corrected chi connectivity index (χ1v) is 9.14. The maximum absolute atomic E-state index is 12.8. The minimum atomic E-state index is -0.696. The van der Waals surface area contributed by atoms with Gasteiger partial charge in [-0.15, -0.1) is 0 Å². The van der Waals surface area contributed by atoms with Crippen LogP contribution in [0.3, 0.4) is 0 Å². The smallest absolute Gasteiger partial charge is 0.304 e. The van der Waals surface area contributed by atoms with E-state index in [1.807, 2.05) is 6.07 Å². The first kappa shape index (κ1) is 24.2. The zero-order valence-corrected chi connectivity index (χ0v) is 16.9. The molecule has 6 nitrogen and oxygen atoms in total. The number of esters is 1. The normalized spacial score (nSPS) is 12.3. The van der Waals surface area contributed by atoms with Crippen LogP contribution in [0.2, 0.25) is 0 Å². The lowest BCUT2D eigenvalue weighted by Gasteiger charge is -2.24. The third kappa shape index (κ3) is 9.30. The molecular weight excluding hydrogens is 375 g/mol. The fourth-order valence-corrected chi connectivity index (χ4v) is 2.51. The third-order valence-corrected chi connectivity index (χ3v) is 4.06. The quantitative estimate of drug-likeness (QED) is 0.546. The Bertz CT molecular complexity index is 803. The number of carbonyl (C=O) groups is 1. The van der Waals surface area contributed by atoms with Gasteiger partial charge in [-0.3, -0.25) is 9.69 Å². The van der Waals surface area contributed by atoms with Gasteiger partial charge in [0.05, 0.1) is 24.3 Å². The van der Waals surface area contributed by atoms with Crippen molar-refractivity contribution in [2.75, 3.05) is 14.1 Å². The Morgan fingerprint density at radius 2 is 1.86 bits per heavy atom. The number of halogens is 1. The Kier molecular flexibility index (Phi) is 10.6. The van der Waals surface area contributed by atoms with E-state index in [1.54, 1.807) is 55.4 Å². The van der Waals surface area contributed by atoms with Crippen molar-refractivity contribution in [3.05, 3.63) is 71.0 Å². The Morgan fingerprint density at radius 3 is 2.38 bits per heavy atom. The molecule has 29 heavy (non-hydrogen) atoms. The molecule has 0 saturated heterocycles. The summed E-state index contributed by atoms with van der Waals surface area (Å²) in [5.41, 5.74) is 2.02. The molecule has 0 fully saturated rings. The number of aliphatic hydroxyl groups excluding tert-OH is 2. The second kappa shape index (κ2) is 12.6. The fourth-order valence-electron chi connectivity index (χ4n) is 2.51. The van der Waals surface area contributed by atoms with E-state index < -0.39 is 6.10 Å². The van der Waals surface area contributed by atoms with E-state index >= 15 is 0 Å². The Morgan fingerprint density at radius 1 is 1.21 bits per heavy atom. The van der Waals surface area contributed by atoms with Gasteiger partial charge in [-0.1, -0.05) is 24.3 Å². The summed E-state index contributed by atoms with van der Waals surface area (Å²) in [6.45, 7) is 1.35. The lowest BCUT2D eigenvalue weighted by atomic mass is 10.0. The van der Waals surface area contributed by atoms with Crippen LogP contribution in [0.1, 0.15) is 42.6 Å². The number of benzene rings is 2. The molecule has 2 atom stereocenters. The van der Waals surface area contributed by atoms with E-state index in [1.165, 1.54) is 19.1 Å². The molecule has 0 saturated carbocycles. The number of nitrogens with zero attached hydrogens (tertiary/aromatic N) is 2. The van der Waals surface area contributed by atoms with Gasteiger partial charge < -0.3 is 14.9 Å². The summed E-state index contributed by atoms with van der Waals surface area (Å²) in [5.74, 6) is -0.683. The largest absolute Gasteiger partial charge is 0.447 e. The molecule has 0 amide bonds. The maximum atomic E-state index is 12.8. The number of ether oxygens (including phenoxy) is 1. The lowest BCUT2D eigenvalue weighted by molar-refractivity contribution is -0.155. The highest BCUT2D eigenvalue weighted by Crippen LogP contribution is 2.20. The third-order valence-electron chi connectivity index (χ3n) is 4.06. The number of hydrogen-bond acceptors (Lipinski definition) is 6. The van der Waals surface area contributed by atoms with Crippen LogP contribution in [-0.2, 0) is 16.1 Å². The van der Waals surface area contributed by atoms with Gasteiger partial charge in [-0.2, -0.15) is 5.26 Å². The van der Waals surface area contributed by atoms with Crippen molar-refractivity contribution in [2.45, 2.75) is 38.7 Å². The van der Waals surface area contributed by atoms with E-state index in [-0.39, 0.29) is 24.6 Å². The molecule has 0 aromatic heterocycles. The van der Waals surface area contributed by atoms with E-state index in [9.17, 15) is 14.3 Å². The SMILES string of the molecule is CC(=O)OC(CCC(O)c1ccc(F)cc1)N(C)C.N#Cc1cccc(CO)c1. The molecule has 0 spiro atoms. The van der Waals surface area contributed by atoms with E-state index in [0.717, 1.165) is 5.56 Å². The van der Waals surface area contributed by atoms with Gasteiger partial charge in [-0.25, -0.2) is 4.39 Å². The number of carbonyl (C=O) groups excluding carboxylic acids is 1. The minimum Gasteiger partial charge on any atom is -0.447 e. The van der Waals surface area contributed by atoms with Gasteiger partial charge in [0.15, 0.2) is 6.23 Å². The molecule has 7 heteroatoms. The summed E-state index contributed by atoms with van der Waals surface area (Å²) in [7, 11) is 3.61. The van der Waals surface area contributed by atoms with Gasteiger partial charge in [0, 0.05) is 13.3 Å². The van der Waals surface area contributed by atoms with Crippen LogP contribution < -0.4 is 0 Å². The minimum absolute atomic E-state index is 0.00444. The average molecular weight is 402 g/mol. The van der Waals surface area contributed by atoms with Crippen LogP contribution >= 0.6 is 0 Å². The summed E-state index contributed by atoms with van der Waals surface area (Å²) in [6.07, 6.45) is -0.126. The first-order chi connectivity index (χ1) is 13.8. The zero-order valence-electron chi connectivity index (χ0n) is 16.9. The van der Waals surface area contributed by atoms with Crippen molar-refractivity contribution < 1.29 is 24.1 Å². The molecule has 2 aromatic carbocycles. The highest BCUT2D eigenvalue weighted by molar-refractivity contribution is 5.66. The molecule has 0 heterocycles. The topological polar surface area (TPSA) is 93.8 Å². The van der Waals surface area contributed by atoms with Gasteiger partial charge in [-0.05, 0) is 55.9 Å². The van der Waals surface area contributed by atoms with Crippen molar-refractivity contribution in [1.82, 2.24) is 4.90 Å². The molecule has 156 valence electrons. The Hall–Kier alpha value is -2.79. The number of rotatable bonds is 7. The second-order valence-corrected chi connectivity index (χ2v) is 6.64. The standard InChI is InChI=1S/C14H20FNO3.C8H7NO/c1-10(17)19-14(16(2)3)9-8-13(18)11-4-6-12(15)7-5-11;9-5-7-2-1-3-8(4-7)6-10/h4-7,13-14,18H,8-9H2,1-3H3;1-4,10H,6H2. The second-order valence-electron chi connectivity index (χ2n) is 6.64. The predicted molar refractivity (Wildman–Crippen MR) is 107 cm³/mol. The molecule has 2 rings (SSSR count). The number of nitriles is 1. The van der Waals surface area contributed by atoms with Crippen molar-refractivity contribution >= 4 is 5.97 Å². The number of aliphatic hydroxyl groups is 2. The molecule has 2 aromatic rings.